The van der Waals surface area contributed by atoms with E-state index in [-0.39, 0.29) is 22.2 Å². The second-order valence-electron chi connectivity index (χ2n) is 5.85. The number of alkyl halides is 3. The molecular weight excluding hydrogens is 383 g/mol. The molecule has 0 spiro atoms. The average Bonchev–Trinajstić information content (AvgIpc) is 2.93. The lowest BCUT2D eigenvalue weighted by molar-refractivity contribution is -0.137. The normalized spacial score (nSPS) is 11.7. The standard InChI is InChI=1S/C19H15ClF3NO3/c1-2-27-15-7-6-10(20)8-13(15)17-12(9-16(25)26)11-4-3-5-14(18(11)24-17)19(21,22)23/h3-8,24H,2,9H2,1H3,(H,25,26). The Bertz CT molecular complexity index is 1010. The molecule has 2 aromatic carbocycles. The maximum absolute atomic E-state index is 13.4. The van der Waals surface area contributed by atoms with Crippen molar-refractivity contribution in [1.29, 1.82) is 0 Å². The van der Waals surface area contributed by atoms with E-state index in [0.29, 0.717) is 22.9 Å². The first kappa shape index (κ1) is 19.1. The number of carboxylic acid groups (broad SMARTS) is 1. The van der Waals surface area contributed by atoms with Crippen LogP contribution in [0.4, 0.5) is 13.2 Å². The van der Waals surface area contributed by atoms with Crippen LogP contribution >= 0.6 is 11.6 Å². The van der Waals surface area contributed by atoms with E-state index in [1.165, 1.54) is 18.2 Å². The molecular formula is C19H15ClF3NO3. The monoisotopic (exact) mass is 397 g/mol. The number of carbonyl (C=O) groups is 1. The van der Waals surface area contributed by atoms with Gasteiger partial charge in [-0.15, -0.1) is 0 Å². The summed E-state index contributed by atoms with van der Waals surface area (Å²) in [5.74, 6) is -0.761. The Morgan fingerprint density at radius 3 is 2.63 bits per heavy atom. The van der Waals surface area contributed by atoms with Gasteiger partial charge in [-0.3, -0.25) is 4.79 Å². The summed E-state index contributed by atoms with van der Waals surface area (Å²) < 4.78 is 45.8. The quantitative estimate of drug-likeness (QED) is 0.594. The zero-order valence-electron chi connectivity index (χ0n) is 14.2. The van der Waals surface area contributed by atoms with Crippen LogP contribution in [0.25, 0.3) is 22.2 Å². The number of carboxylic acids is 1. The van der Waals surface area contributed by atoms with Gasteiger partial charge in [-0.25, -0.2) is 0 Å². The highest BCUT2D eigenvalue weighted by molar-refractivity contribution is 6.31. The second-order valence-corrected chi connectivity index (χ2v) is 6.28. The molecule has 0 bridgehead atoms. The molecule has 27 heavy (non-hydrogen) atoms. The first-order valence-electron chi connectivity index (χ1n) is 8.07. The van der Waals surface area contributed by atoms with Crippen LogP contribution in [0.15, 0.2) is 36.4 Å². The summed E-state index contributed by atoms with van der Waals surface area (Å²) in [7, 11) is 0. The van der Waals surface area contributed by atoms with Crippen LogP contribution in [0, 0.1) is 0 Å². The summed E-state index contributed by atoms with van der Waals surface area (Å²) in [6, 6.07) is 8.41. The fourth-order valence-electron chi connectivity index (χ4n) is 3.05. The molecule has 0 aliphatic heterocycles. The number of ether oxygens (including phenoxy) is 1. The minimum atomic E-state index is -4.58. The van der Waals surface area contributed by atoms with Gasteiger partial charge >= 0.3 is 12.1 Å². The van der Waals surface area contributed by atoms with Crippen molar-refractivity contribution in [2.45, 2.75) is 19.5 Å². The van der Waals surface area contributed by atoms with Crippen LogP contribution in [0.5, 0.6) is 5.75 Å². The van der Waals surface area contributed by atoms with E-state index in [9.17, 15) is 23.1 Å². The van der Waals surface area contributed by atoms with Gasteiger partial charge in [0.15, 0.2) is 0 Å². The number of hydrogen-bond acceptors (Lipinski definition) is 2. The summed E-state index contributed by atoms with van der Waals surface area (Å²) in [4.78, 5) is 14.1. The number of rotatable bonds is 5. The molecule has 1 heterocycles. The smallest absolute Gasteiger partial charge is 0.418 e. The van der Waals surface area contributed by atoms with Gasteiger partial charge in [0.1, 0.15) is 5.75 Å². The first-order chi connectivity index (χ1) is 12.7. The molecule has 1 aromatic heterocycles. The Morgan fingerprint density at radius 1 is 1.26 bits per heavy atom. The van der Waals surface area contributed by atoms with Crippen molar-refractivity contribution in [3.8, 4) is 17.0 Å². The number of H-pyrrole nitrogens is 1. The molecule has 2 N–H and O–H groups in total. The summed E-state index contributed by atoms with van der Waals surface area (Å²) >= 11 is 6.06. The molecule has 0 unspecified atom stereocenters. The average molecular weight is 398 g/mol. The fourth-order valence-corrected chi connectivity index (χ4v) is 3.23. The highest BCUT2D eigenvalue weighted by Crippen LogP contribution is 2.41. The van der Waals surface area contributed by atoms with Crippen molar-refractivity contribution in [3.05, 3.63) is 52.5 Å². The molecule has 0 radical (unpaired) electrons. The van der Waals surface area contributed by atoms with E-state index < -0.39 is 24.1 Å². The number of benzene rings is 2. The second kappa shape index (κ2) is 7.15. The van der Waals surface area contributed by atoms with Crippen LogP contribution in [0.2, 0.25) is 5.02 Å². The Balaban J connectivity index is 2.36. The molecule has 0 fully saturated rings. The number of fused-ring (bicyclic) bond motifs is 1. The molecule has 0 saturated heterocycles. The number of aromatic nitrogens is 1. The van der Waals surface area contributed by atoms with Gasteiger partial charge in [0.05, 0.1) is 29.8 Å². The van der Waals surface area contributed by atoms with E-state index in [2.05, 4.69) is 4.98 Å². The van der Waals surface area contributed by atoms with E-state index in [1.54, 1.807) is 19.1 Å². The van der Waals surface area contributed by atoms with Gasteiger partial charge in [-0.05, 0) is 36.8 Å². The predicted octanol–water partition coefficient (Wildman–Crippen LogP) is 5.53. The number of aliphatic carboxylic acids is 1. The highest BCUT2D eigenvalue weighted by Gasteiger charge is 2.34. The first-order valence-corrected chi connectivity index (χ1v) is 8.45. The SMILES string of the molecule is CCOc1ccc(Cl)cc1-c1[nH]c2c(C(F)(F)F)cccc2c1CC(=O)O. The number of halogens is 4. The largest absolute Gasteiger partial charge is 0.493 e. The fraction of sp³-hybridized carbons (Fsp3) is 0.211. The summed E-state index contributed by atoms with van der Waals surface area (Å²) in [5.41, 5.74) is -0.136. The van der Waals surface area contributed by atoms with Crippen LogP contribution in [-0.2, 0) is 17.4 Å². The zero-order valence-corrected chi connectivity index (χ0v) is 14.9. The third-order valence-electron chi connectivity index (χ3n) is 4.09. The van der Waals surface area contributed by atoms with Crippen molar-refractivity contribution in [2.24, 2.45) is 0 Å². The summed E-state index contributed by atoms with van der Waals surface area (Å²) in [6.45, 7) is 2.10. The summed E-state index contributed by atoms with van der Waals surface area (Å²) in [6.07, 6.45) is -5.03. The van der Waals surface area contributed by atoms with Gasteiger partial charge in [-0.2, -0.15) is 13.2 Å². The molecule has 142 valence electrons. The van der Waals surface area contributed by atoms with Crippen molar-refractivity contribution in [1.82, 2.24) is 4.98 Å². The summed E-state index contributed by atoms with van der Waals surface area (Å²) in [5, 5.41) is 9.83. The number of aromatic amines is 1. The Labute approximate surface area is 157 Å². The highest BCUT2D eigenvalue weighted by atomic mass is 35.5. The molecule has 0 saturated carbocycles. The Hall–Kier alpha value is -2.67. The van der Waals surface area contributed by atoms with Crippen LogP contribution in [-0.4, -0.2) is 22.7 Å². The van der Waals surface area contributed by atoms with Crippen LogP contribution in [0.1, 0.15) is 18.1 Å². The van der Waals surface area contributed by atoms with E-state index in [0.717, 1.165) is 6.07 Å². The van der Waals surface area contributed by atoms with E-state index in [4.69, 9.17) is 16.3 Å². The Kier molecular flexibility index (Phi) is 5.06. The van der Waals surface area contributed by atoms with Gasteiger partial charge < -0.3 is 14.8 Å². The molecule has 3 rings (SSSR count). The lowest BCUT2D eigenvalue weighted by Crippen LogP contribution is -2.05. The maximum atomic E-state index is 13.4. The molecule has 0 aliphatic carbocycles. The van der Waals surface area contributed by atoms with Crippen LogP contribution in [0.3, 0.4) is 0 Å². The van der Waals surface area contributed by atoms with Crippen LogP contribution < -0.4 is 4.74 Å². The predicted molar refractivity (Wildman–Crippen MR) is 96.3 cm³/mol. The molecule has 8 heteroatoms. The molecule has 4 nitrogen and oxygen atoms in total. The molecule has 0 aliphatic rings. The zero-order chi connectivity index (χ0) is 19.8. The van der Waals surface area contributed by atoms with Crippen molar-refractivity contribution in [2.75, 3.05) is 6.61 Å². The molecule has 0 amide bonds. The number of hydrogen-bond donors (Lipinski definition) is 2. The topological polar surface area (TPSA) is 62.3 Å². The lowest BCUT2D eigenvalue weighted by atomic mass is 10.0. The van der Waals surface area contributed by atoms with Crippen molar-refractivity contribution >= 4 is 28.5 Å². The van der Waals surface area contributed by atoms with Gasteiger partial charge in [-0.1, -0.05) is 23.7 Å². The maximum Gasteiger partial charge on any atom is 0.418 e. The van der Waals surface area contributed by atoms with Gasteiger partial charge in [0.25, 0.3) is 0 Å². The minimum Gasteiger partial charge on any atom is -0.493 e. The number of nitrogens with one attached hydrogen (secondary N) is 1. The van der Waals surface area contributed by atoms with Gasteiger partial charge in [0, 0.05) is 16.0 Å². The number of para-hydroxylation sites is 1. The lowest BCUT2D eigenvalue weighted by Gasteiger charge is -2.11. The van der Waals surface area contributed by atoms with E-state index >= 15 is 0 Å². The Morgan fingerprint density at radius 2 is 2.00 bits per heavy atom. The van der Waals surface area contributed by atoms with E-state index in [1.807, 2.05) is 0 Å². The molecule has 3 aromatic rings. The van der Waals surface area contributed by atoms with Crippen molar-refractivity contribution < 1.29 is 27.8 Å². The third kappa shape index (κ3) is 3.73. The molecule has 0 atom stereocenters. The minimum absolute atomic E-state index is 0.168. The van der Waals surface area contributed by atoms with Gasteiger partial charge in [0.2, 0.25) is 0 Å². The van der Waals surface area contributed by atoms with Crippen molar-refractivity contribution in [3.63, 3.8) is 0 Å². The third-order valence-corrected chi connectivity index (χ3v) is 4.32.